The molecule has 0 spiro atoms. The number of hydrogen-bond acceptors (Lipinski definition) is 5. The lowest BCUT2D eigenvalue weighted by molar-refractivity contribution is -0.702. The van der Waals surface area contributed by atoms with Gasteiger partial charge >= 0.3 is 0 Å². The zero-order valence-corrected chi connectivity index (χ0v) is 6.62. The average Bonchev–Trinajstić information content (AvgIpc) is 2.03. The van der Waals surface area contributed by atoms with E-state index in [1.54, 1.807) is 0 Å². The Balaban J connectivity index is 2.69. The fourth-order valence-corrected chi connectivity index (χ4v) is 0.654. The van der Waals surface area contributed by atoms with Gasteiger partial charge in [-0.15, -0.1) is 0 Å². The summed E-state index contributed by atoms with van der Waals surface area (Å²) < 4.78 is 0. The van der Waals surface area contributed by atoms with Gasteiger partial charge in [0.2, 0.25) is 0 Å². The zero-order chi connectivity index (χ0) is 8.36. The Morgan fingerprint density at radius 3 is 2.55 bits per heavy atom. The molecule has 1 N–H and O–H groups in total. The second kappa shape index (κ2) is 9.80. The topological polar surface area (TPSA) is 57.2 Å². The Hall–Kier alpha value is -0.200. The van der Waals surface area contributed by atoms with Gasteiger partial charge in [-0.2, -0.15) is 0 Å². The molecule has 5 nitrogen and oxygen atoms in total. The van der Waals surface area contributed by atoms with Crippen LogP contribution in [0.3, 0.4) is 0 Å². The van der Waals surface area contributed by atoms with E-state index in [1.165, 1.54) is 12.8 Å². The third-order valence-corrected chi connectivity index (χ3v) is 1.19. The van der Waals surface area contributed by atoms with Gasteiger partial charge in [0.15, 0.2) is 0 Å². The van der Waals surface area contributed by atoms with Gasteiger partial charge < -0.3 is 0 Å². The molecule has 0 radical (unpaired) electrons. The highest BCUT2D eigenvalue weighted by Crippen LogP contribution is 1.98. The van der Waals surface area contributed by atoms with Crippen molar-refractivity contribution in [1.82, 2.24) is 0 Å². The van der Waals surface area contributed by atoms with Gasteiger partial charge in [-0.25, -0.2) is 10.1 Å². The molecule has 0 heterocycles. The van der Waals surface area contributed by atoms with Crippen LogP contribution in [-0.4, -0.2) is 11.9 Å². The lowest BCUT2D eigenvalue weighted by Gasteiger charge is -1.98. The molecule has 0 saturated carbocycles. The molecule has 0 aliphatic carbocycles. The monoisotopic (exact) mass is 166 g/mol. The largest absolute Gasteiger partial charge is 0.219 e. The summed E-state index contributed by atoms with van der Waals surface area (Å²) in [7, 11) is 0. The summed E-state index contributed by atoms with van der Waals surface area (Å²) in [6.07, 6.45) is 4.36. The molecule has 0 aromatic rings. The molecule has 0 aliphatic heterocycles. The van der Waals surface area contributed by atoms with Crippen molar-refractivity contribution >= 4 is 0 Å². The van der Waals surface area contributed by atoms with Crippen LogP contribution in [0.2, 0.25) is 0 Å². The van der Waals surface area contributed by atoms with Crippen LogP contribution in [0.25, 0.3) is 0 Å². The highest BCUT2D eigenvalue weighted by Gasteiger charge is 1.90. The van der Waals surface area contributed by atoms with E-state index in [2.05, 4.69) is 26.9 Å². The van der Waals surface area contributed by atoms with E-state index in [4.69, 9.17) is 5.26 Å². The summed E-state index contributed by atoms with van der Waals surface area (Å²) in [5.74, 6) is 0. The molecule has 0 aromatic heterocycles. The lowest BCUT2D eigenvalue weighted by Crippen LogP contribution is -1.97. The first kappa shape index (κ1) is 10.8. The Morgan fingerprint density at radius 2 is 1.91 bits per heavy atom. The van der Waals surface area contributed by atoms with Crippen LogP contribution in [0, 0.1) is 0 Å². The van der Waals surface area contributed by atoms with Gasteiger partial charge in [-0.3, -0.25) is 0 Å². The van der Waals surface area contributed by atoms with Crippen LogP contribution in [0.5, 0.6) is 0 Å². The Bertz CT molecular complexity index is 60.0. The summed E-state index contributed by atoms with van der Waals surface area (Å²) in [6, 6.07) is 0. The molecule has 0 bridgehead atoms. The van der Waals surface area contributed by atoms with Crippen molar-refractivity contribution in [3.05, 3.63) is 0 Å². The summed E-state index contributed by atoms with van der Waals surface area (Å²) >= 11 is 0. The van der Waals surface area contributed by atoms with Gasteiger partial charge in [0.1, 0.15) is 0 Å². The second-order valence-corrected chi connectivity index (χ2v) is 2.09. The van der Waals surface area contributed by atoms with Gasteiger partial charge in [-0.05, 0) is 21.5 Å². The van der Waals surface area contributed by atoms with Crippen LogP contribution in [-0.2, 0) is 20.0 Å². The van der Waals surface area contributed by atoms with Crippen LogP contribution in [0.15, 0.2) is 0 Å². The zero-order valence-electron chi connectivity index (χ0n) is 6.62. The minimum Gasteiger partial charge on any atom is -0.219 e. The van der Waals surface area contributed by atoms with Crippen molar-refractivity contribution in [3.8, 4) is 0 Å². The Morgan fingerprint density at radius 1 is 1.09 bits per heavy atom. The lowest BCUT2D eigenvalue weighted by atomic mass is 10.2. The molecule has 5 heteroatoms. The molecule has 68 valence electrons. The predicted molar refractivity (Wildman–Crippen MR) is 36.0 cm³/mol. The van der Waals surface area contributed by atoms with Gasteiger partial charge in [-0.1, -0.05) is 26.2 Å². The van der Waals surface area contributed by atoms with Crippen LogP contribution in [0.1, 0.15) is 32.6 Å². The third kappa shape index (κ3) is 9.80. The predicted octanol–water partition coefficient (Wildman–Crippen LogP) is 1.85. The van der Waals surface area contributed by atoms with Crippen LogP contribution in [0.4, 0.5) is 0 Å². The summed E-state index contributed by atoms with van der Waals surface area (Å²) in [6.45, 7) is 2.56. The third-order valence-electron chi connectivity index (χ3n) is 1.19. The maximum Gasteiger partial charge on any atom is 0.0855 e. The van der Waals surface area contributed by atoms with E-state index in [0.29, 0.717) is 6.61 Å². The molecule has 0 atom stereocenters. The summed E-state index contributed by atoms with van der Waals surface area (Å²) in [5, 5.41) is 18.2. The molecule has 0 fully saturated rings. The molecule has 0 unspecified atom stereocenters. The highest BCUT2D eigenvalue weighted by molar-refractivity contribution is 4.36. The average molecular weight is 166 g/mol. The maximum absolute atomic E-state index is 7.58. The normalized spacial score (nSPS) is 10.4. The minimum absolute atomic E-state index is 0.434. The second-order valence-electron chi connectivity index (χ2n) is 2.09. The maximum atomic E-state index is 7.58. The minimum atomic E-state index is 0.434. The smallest absolute Gasteiger partial charge is 0.0855 e. The van der Waals surface area contributed by atoms with E-state index in [-0.39, 0.29) is 0 Å². The molecule has 11 heavy (non-hydrogen) atoms. The van der Waals surface area contributed by atoms with Crippen molar-refractivity contribution < 1.29 is 25.3 Å². The first-order chi connectivity index (χ1) is 5.41. The summed E-state index contributed by atoms with van der Waals surface area (Å²) in [5.41, 5.74) is 0. The molecule has 0 aliphatic rings. The van der Waals surface area contributed by atoms with Crippen LogP contribution >= 0.6 is 0 Å². The van der Waals surface area contributed by atoms with Crippen molar-refractivity contribution in [3.63, 3.8) is 0 Å². The van der Waals surface area contributed by atoms with Gasteiger partial charge in [0.25, 0.3) is 0 Å². The standard InChI is InChI=1S/C6H14O5/c1-2-3-4-5-6-8-10-11-9-7/h7H,2-6H2,1H3. The number of unbranched alkanes of at least 4 members (excludes halogenated alkanes) is 3. The molecule has 0 aromatic carbocycles. The van der Waals surface area contributed by atoms with Crippen molar-refractivity contribution in [1.29, 1.82) is 0 Å². The highest BCUT2D eigenvalue weighted by atomic mass is 17.8. The fraction of sp³-hybridized carbons (Fsp3) is 1.00. The van der Waals surface area contributed by atoms with Crippen molar-refractivity contribution in [2.75, 3.05) is 6.61 Å². The van der Waals surface area contributed by atoms with E-state index in [0.717, 1.165) is 12.8 Å². The Labute approximate surface area is 65.5 Å². The molecule has 0 saturated heterocycles. The van der Waals surface area contributed by atoms with Crippen LogP contribution < -0.4 is 0 Å². The molecular weight excluding hydrogens is 152 g/mol. The van der Waals surface area contributed by atoms with E-state index < -0.39 is 0 Å². The van der Waals surface area contributed by atoms with Crippen molar-refractivity contribution in [2.24, 2.45) is 0 Å². The SMILES string of the molecule is CCCCCCOOOOO. The fourth-order valence-electron chi connectivity index (χ4n) is 0.654. The number of hydrogen-bond donors (Lipinski definition) is 1. The van der Waals surface area contributed by atoms with E-state index in [9.17, 15) is 0 Å². The number of rotatable bonds is 8. The molecule has 0 amide bonds. The first-order valence-corrected chi connectivity index (χ1v) is 3.68. The quantitative estimate of drug-likeness (QED) is 0.339. The molecular formula is C6H14O5. The Kier molecular flexibility index (Phi) is 9.62. The first-order valence-electron chi connectivity index (χ1n) is 3.68. The van der Waals surface area contributed by atoms with Gasteiger partial charge in [0.05, 0.1) is 6.61 Å². The van der Waals surface area contributed by atoms with E-state index in [1.807, 2.05) is 0 Å². The van der Waals surface area contributed by atoms with E-state index >= 15 is 0 Å². The summed E-state index contributed by atoms with van der Waals surface area (Å²) in [4.78, 5) is 4.41. The van der Waals surface area contributed by atoms with Gasteiger partial charge in [0, 0.05) is 0 Å². The molecule has 0 rings (SSSR count). The van der Waals surface area contributed by atoms with Crippen molar-refractivity contribution in [2.45, 2.75) is 32.6 Å².